The molecule has 1 aromatic rings. The highest BCUT2D eigenvalue weighted by Crippen LogP contribution is 2.32. The second kappa shape index (κ2) is 10.6. The van der Waals surface area contributed by atoms with Crippen LogP contribution in [0.3, 0.4) is 0 Å². The number of rotatable bonds is 5. The summed E-state index contributed by atoms with van der Waals surface area (Å²) in [4.78, 5) is 26.8. The van der Waals surface area contributed by atoms with E-state index in [0.29, 0.717) is 24.2 Å². The Kier molecular flexibility index (Phi) is 7.66. The number of methoxy groups -OCH3 is 1. The molecule has 1 aliphatic carbocycles. The maximum atomic E-state index is 11.6. The minimum atomic E-state index is -0.168. The van der Waals surface area contributed by atoms with E-state index < -0.39 is 0 Å². The molecule has 2 amide bonds. The molecule has 2 N–H and O–H groups in total. The fourth-order valence-electron chi connectivity index (χ4n) is 4.16. The van der Waals surface area contributed by atoms with E-state index in [1.54, 1.807) is 27.4 Å². The van der Waals surface area contributed by atoms with Gasteiger partial charge in [-0.15, -0.1) is 0 Å². The first-order chi connectivity index (χ1) is 15.5. The topological polar surface area (TPSA) is 83.2 Å². The van der Waals surface area contributed by atoms with Crippen molar-refractivity contribution in [3.63, 3.8) is 0 Å². The van der Waals surface area contributed by atoms with E-state index in [9.17, 15) is 4.79 Å². The minimum absolute atomic E-state index is 0.168. The number of carbonyl (C=O) groups excluding carboxylic acids is 1. The zero-order valence-corrected chi connectivity index (χ0v) is 19.2. The predicted molar refractivity (Wildman–Crippen MR) is 128 cm³/mol. The van der Waals surface area contributed by atoms with Crippen LogP contribution in [0.1, 0.15) is 25.3 Å². The zero-order chi connectivity index (χ0) is 23.1. The van der Waals surface area contributed by atoms with Crippen molar-refractivity contribution in [2.45, 2.75) is 19.8 Å². The first kappa shape index (κ1) is 23.1. The number of likely N-dealkylation sites (tertiary alicyclic amines) is 1. The number of ether oxygens (including phenoxy) is 1. The number of hydrogen-bond acceptors (Lipinski definition) is 5. The van der Waals surface area contributed by atoms with Gasteiger partial charge in [0.1, 0.15) is 12.1 Å². The number of carbonyl (C=O) groups is 1. The number of nitrogens with zero attached hydrogens (tertiary/aromatic N) is 4. The lowest BCUT2D eigenvalue weighted by Gasteiger charge is -2.28. The van der Waals surface area contributed by atoms with Gasteiger partial charge in [-0.25, -0.2) is 14.7 Å². The third-order valence-corrected chi connectivity index (χ3v) is 5.76. The van der Waals surface area contributed by atoms with E-state index in [0.717, 1.165) is 53.9 Å². The van der Waals surface area contributed by atoms with E-state index in [4.69, 9.17) is 11.3 Å². The standard InChI is InChI=1S/C24H30N6O2/c1-16-11-19(18-8-9-21(32-5)28-14-18)12-20(22(16)25-2)23(26-3)30-10-6-7-17(15-30)13-29-24(31)27-4/h3,8-9,11-12,14,17H,6-7,10,13,15H2,1-2,4-5H3,(H-,27,29,31)/p+1. The molecule has 0 saturated carbocycles. The van der Waals surface area contributed by atoms with Crippen LogP contribution in [0, 0.1) is 12.5 Å². The predicted octanol–water partition coefficient (Wildman–Crippen LogP) is 3.32. The third kappa shape index (κ3) is 5.17. The molecule has 1 saturated heterocycles. The number of aliphatic imine (C=N–C) groups is 1. The molecule has 0 bridgehead atoms. The lowest BCUT2D eigenvalue weighted by atomic mass is 9.90. The van der Waals surface area contributed by atoms with Crippen LogP contribution in [-0.2, 0) is 0 Å². The number of nitrogens with one attached hydrogen (secondary N) is 2. The summed E-state index contributed by atoms with van der Waals surface area (Å²) in [6, 6.07) is 3.65. The Morgan fingerprint density at radius 2 is 2.22 bits per heavy atom. The Hall–Kier alpha value is -3.60. The molecule has 1 aliphatic heterocycles. The molecular weight excluding hydrogens is 404 g/mol. The molecule has 8 heteroatoms. The summed E-state index contributed by atoms with van der Waals surface area (Å²) in [6.07, 6.45) is 7.99. The molecule has 0 radical (unpaired) electrons. The molecule has 168 valence electrons. The molecule has 2 heterocycles. The molecule has 8 nitrogen and oxygen atoms in total. The van der Waals surface area contributed by atoms with Crippen molar-refractivity contribution in [1.82, 2.24) is 20.5 Å². The van der Waals surface area contributed by atoms with Gasteiger partial charge in [-0.05, 0) is 49.1 Å². The fraction of sp³-hybridized carbons (Fsp3) is 0.417. The molecule has 2 aliphatic rings. The molecule has 1 aromatic heterocycles. The SMILES string of the molecule is C#[N+]C(=C1C=C(c2ccc(OC)nc2)C=C(C)C1=NC)N1CCCC(CNC(=O)NC)C1. The fourth-order valence-corrected chi connectivity index (χ4v) is 4.16. The van der Waals surface area contributed by atoms with Crippen molar-refractivity contribution in [3.8, 4) is 12.5 Å². The van der Waals surface area contributed by atoms with Crippen molar-refractivity contribution in [2.24, 2.45) is 10.9 Å². The Morgan fingerprint density at radius 1 is 1.41 bits per heavy atom. The molecule has 0 aromatic carbocycles. The summed E-state index contributed by atoms with van der Waals surface area (Å²) >= 11 is 0. The van der Waals surface area contributed by atoms with Gasteiger partial charge in [0.25, 0.3) is 0 Å². The smallest absolute Gasteiger partial charge is 0.389 e. The lowest BCUT2D eigenvalue weighted by molar-refractivity contribution is 0.211. The van der Waals surface area contributed by atoms with E-state index >= 15 is 0 Å². The Labute approximate surface area is 189 Å². The first-order valence-corrected chi connectivity index (χ1v) is 10.7. The summed E-state index contributed by atoms with van der Waals surface area (Å²) in [6.45, 7) is 10.2. The maximum absolute atomic E-state index is 11.6. The summed E-state index contributed by atoms with van der Waals surface area (Å²) in [5.41, 5.74) is 4.77. The normalized spacial score (nSPS) is 21.3. The van der Waals surface area contributed by atoms with E-state index in [-0.39, 0.29) is 6.03 Å². The minimum Gasteiger partial charge on any atom is -0.481 e. The Balaban J connectivity index is 1.94. The molecule has 1 atom stereocenters. The first-order valence-electron chi connectivity index (χ1n) is 10.7. The maximum Gasteiger partial charge on any atom is 0.389 e. The van der Waals surface area contributed by atoms with Gasteiger partial charge in [-0.1, -0.05) is 0 Å². The Bertz CT molecular complexity index is 1010. The van der Waals surface area contributed by atoms with Crippen molar-refractivity contribution in [3.05, 3.63) is 57.9 Å². The quantitative estimate of drug-likeness (QED) is 0.743. The molecule has 1 fully saturated rings. The highest BCUT2D eigenvalue weighted by Gasteiger charge is 2.33. The average molecular weight is 436 g/mol. The van der Waals surface area contributed by atoms with Crippen molar-refractivity contribution in [2.75, 3.05) is 40.8 Å². The van der Waals surface area contributed by atoms with Crippen molar-refractivity contribution in [1.29, 1.82) is 0 Å². The number of aromatic nitrogens is 1. The van der Waals surface area contributed by atoms with Gasteiger partial charge in [-0.2, -0.15) is 4.85 Å². The number of hydrogen-bond donors (Lipinski definition) is 2. The molecule has 1 unspecified atom stereocenters. The molecule has 3 rings (SSSR count). The summed E-state index contributed by atoms with van der Waals surface area (Å²) in [5, 5.41) is 5.50. The van der Waals surface area contributed by atoms with Crippen molar-refractivity contribution >= 4 is 17.3 Å². The lowest BCUT2D eigenvalue weighted by Crippen LogP contribution is -2.42. The van der Waals surface area contributed by atoms with Gasteiger partial charge in [0.05, 0.1) is 25.9 Å². The highest BCUT2D eigenvalue weighted by atomic mass is 16.5. The number of allylic oxidation sites excluding steroid dienone is 5. The van der Waals surface area contributed by atoms with E-state index in [2.05, 4.69) is 42.5 Å². The molecular formula is C24H31N6O2+. The van der Waals surface area contributed by atoms with Gasteiger partial charge in [0.2, 0.25) is 5.88 Å². The van der Waals surface area contributed by atoms with E-state index in [1.807, 2.05) is 19.1 Å². The largest absolute Gasteiger partial charge is 0.481 e. The monoisotopic (exact) mass is 435 g/mol. The van der Waals surface area contributed by atoms with Crippen LogP contribution in [0.4, 0.5) is 4.79 Å². The van der Waals surface area contributed by atoms with Gasteiger partial charge in [0, 0.05) is 44.4 Å². The highest BCUT2D eigenvalue weighted by molar-refractivity contribution is 6.18. The van der Waals surface area contributed by atoms with Crippen LogP contribution in [-0.4, -0.2) is 62.5 Å². The molecule has 32 heavy (non-hydrogen) atoms. The number of pyridine rings is 1. The zero-order valence-electron chi connectivity index (χ0n) is 19.2. The van der Waals surface area contributed by atoms with Crippen LogP contribution < -0.4 is 15.4 Å². The summed E-state index contributed by atoms with van der Waals surface area (Å²) < 4.78 is 5.18. The van der Waals surface area contributed by atoms with Gasteiger partial charge in [0.15, 0.2) is 0 Å². The summed E-state index contributed by atoms with van der Waals surface area (Å²) in [7, 11) is 4.99. The average Bonchev–Trinajstić information content (AvgIpc) is 2.83. The number of urea groups is 1. The second-order valence-corrected chi connectivity index (χ2v) is 7.87. The number of amides is 2. The van der Waals surface area contributed by atoms with E-state index in [1.165, 1.54) is 0 Å². The van der Waals surface area contributed by atoms with Crippen LogP contribution in [0.25, 0.3) is 10.4 Å². The van der Waals surface area contributed by atoms with Crippen LogP contribution in [0.5, 0.6) is 5.88 Å². The Morgan fingerprint density at radius 3 is 2.84 bits per heavy atom. The summed E-state index contributed by atoms with van der Waals surface area (Å²) in [5.74, 6) is 1.59. The van der Waals surface area contributed by atoms with Crippen molar-refractivity contribution < 1.29 is 9.53 Å². The van der Waals surface area contributed by atoms with Crippen LogP contribution >= 0.6 is 0 Å². The van der Waals surface area contributed by atoms with Gasteiger partial charge >= 0.3 is 11.9 Å². The van der Waals surface area contributed by atoms with Crippen LogP contribution in [0.2, 0.25) is 0 Å². The molecule has 0 spiro atoms. The number of piperidine rings is 1. The van der Waals surface area contributed by atoms with Gasteiger partial charge < -0.3 is 15.4 Å². The van der Waals surface area contributed by atoms with Crippen LogP contribution in [0.15, 0.2) is 52.4 Å². The second-order valence-electron chi connectivity index (χ2n) is 7.87. The third-order valence-electron chi connectivity index (χ3n) is 5.76. The van der Waals surface area contributed by atoms with Gasteiger partial charge in [-0.3, -0.25) is 4.99 Å².